The predicted molar refractivity (Wildman–Crippen MR) is 62.1 cm³/mol. The third-order valence-electron chi connectivity index (χ3n) is 2.01. The summed E-state index contributed by atoms with van der Waals surface area (Å²) in [5.41, 5.74) is 1.87. The Morgan fingerprint density at radius 2 is 2.12 bits per heavy atom. The lowest BCUT2D eigenvalue weighted by atomic mass is 10.1. The van der Waals surface area contributed by atoms with Gasteiger partial charge in [-0.15, -0.1) is 0 Å². The summed E-state index contributed by atoms with van der Waals surface area (Å²) in [5, 5.41) is 8.47. The van der Waals surface area contributed by atoms with Gasteiger partial charge in [-0.05, 0) is 18.1 Å². The second kappa shape index (κ2) is 5.85. The first-order valence-electron chi connectivity index (χ1n) is 5.04. The Bertz CT molecular complexity index is 419. The highest BCUT2D eigenvalue weighted by atomic mass is 16.4. The minimum Gasteiger partial charge on any atom is -0.481 e. The highest BCUT2D eigenvalue weighted by Crippen LogP contribution is 2.08. The van der Waals surface area contributed by atoms with Crippen molar-refractivity contribution in [3.8, 4) is 0 Å². The maximum absolute atomic E-state index is 10.9. The summed E-state index contributed by atoms with van der Waals surface area (Å²) < 4.78 is 0. The Balaban J connectivity index is 2.70. The predicted octanol–water partition coefficient (Wildman–Crippen LogP) is 2.31. The molecule has 0 radical (unpaired) electrons. The molecule has 3 heteroatoms. The van der Waals surface area contributed by atoms with E-state index in [-0.39, 0.29) is 12.2 Å². The van der Waals surface area contributed by atoms with Gasteiger partial charge < -0.3 is 5.11 Å². The van der Waals surface area contributed by atoms with E-state index in [1.807, 2.05) is 24.3 Å². The van der Waals surface area contributed by atoms with Gasteiger partial charge in [0.2, 0.25) is 0 Å². The van der Waals surface area contributed by atoms with Gasteiger partial charge in [0.25, 0.3) is 0 Å². The Hall–Kier alpha value is -1.90. The number of rotatable bonds is 5. The summed E-state index contributed by atoms with van der Waals surface area (Å²) in [6.07, 6.45) is 3.77. The van der Waals surface area contributed by atoms with Crippen LogP contribution in [0.2, 0.25) is 0 Å². The molecule has 0 heterocycles. The Labute approximate surface area is 94.4 Å². The molecule has 0 aliphatic carbocycles. The molecule has 0 bridgehead atoms. The molecular formula is C13H14O3. The lowest BCUT2D eigenvalue weighted by molar-refractivity contribution is -0.136. The summed E-state index contributed by atoms with van der Waals surface area (Å²) in [5.74, 6) is -0.734. The van der Waals surface area contributed by atoms with E-state index in [9.17, 15) is 9.59 Å². The van der Waals surface area contributed by atoms with E-state index in [0.717, 1.165) is 11.1 Å². The molecule has 0 aliphatic heterocycles. The highest BCUT2D eigenvalue weighted by Gasteiger charge is 1.97. The van der Waals surface area contributed by atoms with E-state index < -0.39 is 5.97 Å². The first kappa shape index (κ1) is 12.2. The van der Waals surface area contributed by atoms with Gasteiger partial charge >= 0.3 is 5.97 Å². The number of benzene rings is 1. The first-order valence-corrected chi connectivity index (χ1v) is 5.04. The number of carboxylic acids is 1. The summed E-state index contributed by atoms with van der Waals surface area (Å²) in [4.78, 5) is 21.2. The molecule has 16 heavy (non-hydrogen) atoms. The molecular weight excluding hydrogens is 204 g/mol. The minimum absolute atomic E-state index is 0.0108. The molecule has 1 aromatic carbocycles. The van der Waals surface area contributed by atoms with Crippen LogP contribution in [0.25, 0.3) is 6.08 Å². The van der Waals surface area contributed by atoms with Crippen molar-refractivity contribution in [1.29, 1.82) is 0 Å². The van der Waals surface area contributed by atoms with Crippen LogP contribution in [0, 0.1) is 0 Å². The summed E-state index contributed by atoms with van der Waals surface area (Å²) in [6.45, 7) is 1.55. The van der Waals surface area contributed by atoms with E-state index in [4.69, 9.17) is 5.11 Å². The van der Waals surface area contributed by atoms with Crippen molar-refractivity contribution < 1.29 is 14.7 Å². The van der Waals surface area contributed by atoms with Crippen LogP contribution in [0.1, 0.15) is 24.5 Å². The van der Waals surface area contributed by atoms with Crippen LogP contribution < -0.4 is 0 Å². The van der Waals surface area contributed by atoms with Gasteiger partial charge in [-0.25, -0.2) is 0 Å². The number of carbonyl (C=O) groups is 2. The molecule has 0 saturated carbocycles. The standard InChI is InChI=1S/C13H14O3/c1-10(14)8-12-6-2-4-11(9-12)5-3-7-13(15)16/h2-6,9H,7-8H2,1H3,(H,15,16). The van der Waals surface area contributed by atoms with Crippen molar-refractivity contribution in [3.63, 3.8) is 0 Å². The van der Waals surface area contributed by atoms with Crippen molar-refractivity contribution >= 4 is 17.8 Å². The second-order valence-corrected chi connectivity index (χ2v) is 3.62. The fourth-order valence-corrected chi connectivity index (χ4v) is 1.39. The zero-order valence-corrected chi connectivity index (χ0v) is 9.14. The third kappa shape index (κ3) is 4.55. The fraction of sp³-hybridized carbons (Fsp3) is 0.231. The smallest absolute Gasteiger partial charge is 0.307 e. The van der Waals surface area contributed by atoms with Crippen LogP contribution >= 0.6 is 0 Å². The van der Waals surface area contributed by atoms with Crippen molar-refractivity contribution in [1.82, 2.24) is 0 Å². The monoisotopic (exact) mass is 218 g/mol. The maximum atomic E-state index is 10.9. The van der Waals surface area contributed by atoms with Crippen LogP contribution in [0.4, 0.5) is 0 Å². The lowest BCUT2D eigenvalue weighted by Gasteiger charge is -1.99. The second-order valence-electron chi connectivity index (χ2n) is 3.62. The van der Waals surface area contributed by atoms with Gasteiger partial charge in [-0.2, -0.15) is 0 Å². The average molecular weight is 218 g/mol. The van der Waals surface area contributed by atoms with Crippen molar-refractivity contribution in [2.45, 2.75) is 19.8 Å². The van der Waals surface area contributed by atoms with E-state index in [0.29, 0.717) is 6.42 Å². The average Bonchev–Trinajstić information content (AvgIpc) is 2.16. The molecule has 0 amide bonds. The number of carboxylic acid groups (broad SMARTS) is 1. The van der Waals surface area contributed by atoms with Crippen LogP contribution in [0.5, 0.6) is 0 Å². The molecule has 0 atom stereocenters. The van der Waals surface area contributed by atoms with E-state index in [1.54, 1.807) is 19.1 Å². The van der Waals surface area contributed by atoms with E-state index in [2.05, 4.69) is 0 Å². The largest absolute Gasteiger partial charge is 0.481 e. The third-order valence-corrected chi connectivity index (χ3v) is 2.01. The fourth-order valence-electron chi connectivity index (χ4n) is 1.39. The molecule has 3 nitrogen and oxygen atoms in total. The van der Waals surface area contributed by atoms with Crippen LogP contribution in [-0.4, -0.2) is 16.9 Å². The Morgan fingerprint density at radius 3 is 2.75 bits per heavy atom. The molecule has 1 aromatic rings. The molecule has 0 unspecified atom stereocenters. The first-order chi connectivity index (χ1) is 7.58. The van der Waals surface area contributed by atoms with Crippen LogP contribution in [-0.2, 0) is 16.0 Å². The van der Waals surface area contributed by atoms with Crippen LogP contribution in [0.15, 0.2) is 30.3 Å². The van der Waals surface area contributed by atoms with Gasteiger partial charge in [0.15, 0.2) is 0 Å². The number of ketones is 1. The number of carbonyl (C=O) groups excluding carboxylic acids is 1. The topological polar surface area (TPSA) is 54.4 Å². The summed E-state index contributed by atoms with van der Waals surface area (Å²) in [7, 11) is 0. The lowest BCUT2D eigenvalue weighted by Crippen LogP contribution is -1.96. The zero-order chi connectivity index (χ0) is 12.0. The molecule has 0 aliphatic rings. The molecule has 0 aromatic heterocycles. The summed E-state index contributed by atoms with van der Waals surface area (Å²) >= 11 is 0. The highest BCUT2D eigenvalue weighted by molar-refractivity contribution is 5.78. The van der Waals surface area contributed by atoms with E-state index >= 15 is 0 Å². The number of aliphatic carboxylic acids is 1. The number of Topliss-reactive ketones (excluding diaryl/α,β-unsaturated/α-hetero) is 1. The van der Waals surface area contributed by atoms with Crippen molar-refractivity contribution in [2.24, 2.45) is 0 Å². The molecule has 1 rings (SSSR count). The van der Waals surface area contributed by atoms with Crippen molar-refractivity contribution in [2.75, 3.05) is 0 Å². The minimum atomic E-state index is -0.851. The zero-order valence-electron chi connectivity index (χ0n) is 9.14. The van der Waals surface area contributed by atoms with Gasteiger partial charge in [0.05, 0.1) is 6.42 Å². The molecule has 84 valence electrons. The number of hydrogen-bond acceptors (Lipinski definition) is 2. The van der Waals surface area contributed by atoms with E-state index in [1.165, 1.54) is 0 Å². The van der Waals surface area contributed by atoms with Gasteiger partial charge in [-0.1, -0.05) is 36.4 Å². The molecule has 0 fully saturated rings. The maximum Gasteiger partial charge on any atom is 0.307 e. The SMILES string of the molecule is CC(=O)Cc1cccc(C=CCC(=O)O)c1. The van der Waals surface area contributed by atoms with Crippen molar-refractivity contribution in [3.05, 3.63) is 41.5 Å². The Kier molecular flexibility index (Phi) is 4.45. The van der Waals surface area contributed by atoms with Gasteiger partial charge in [0.1, 0.15) is 5.78 Å². The molecule has 0 saturated heterocycles. The molecule has 1 N–H and O–H groups in total. The van der Waals surface area contributed by atoms with Gasteiger partial charge in [-0.3, -0.25) is 9.59 Å². The van der Waals surface area contributed by atoms with Gasteiger partial charge in [0, 0.05) is 6.42 Å². The Morgan fingerprint density at radius 1 is 1.38 bits per heavy atom. The molecule has 0 spiro atoms. The van der Waals surface area contributed by atoms with Crippen LogP contribution in [0.3, 0.4) is 0 Å². The quantitative estimate of drug-likeness (QED) is 0.825. The normalized spacial score (nSPS) is 10.6. The summed E-state index contributed by atoms with van der Waals surface area (Å²) in [6, 6.07) is 7.51. The number of hydrogen-bond donors (Lipinski definition) is 1.